The highest BCUT2D eigenvalue weighted by molar-refractivity contribution is 6.07. The molecule has 1 aromatic carbocycles. The Balaban J connectivity index is 1.46. The van der Waals surface area contributed by atoms with Crippen LogP contribution in [0, 0.1) is 0 Å². The van der Waals surface area contributed by atoms with Crippen molar-refractivity contribution in [3.63, 3.8) is 0 Å². The van der Waals surface area contributed by atoms with Crippen molar-refractivity contribution in [1.29, 1.82) is 0 Å². The van der Waals surface area contributed by atoms with Gasteiger partial charge in [0.2, 0.25) is 5.88 Å². The van der Waals surface area contributed by atoms with Crippen LogP contribution in [0.2, 0.25) is 0 Å². The first-order chi connectivity index (χ1) is 15.2. The number of aryl methyl sites for hydroxylation is 1. The minimum atomic E-state index is -0.175. The largest absolute Gasteiger partial charge is 0.438 e. The molecule has 152 valence electrons. The van der Waals surface area contributed by atoms with E-state index in [1.807, 2.05) is 41.9 Å². The van der Waals surface area contributed by atoms with E-state index in [9.17, 15) is 4.79 Å². The van der Waals surface area contributed by atoms with Crippen molar-refractivity contribution < 1.29 is 4.74 Å². The fourth-order valence-corrected chi connectivity index (χ4v) is 3.88. The molecule has 5 aromatic heterocycles. The number of hydrogen-bond acceptors (Lipinski definition) is 6. The summed E-state index contributed by atoms with van der Waals surface area (Å²) in [6, 6.07) is 9.34. The lowest BCUT2D eigenvalue weighted by Gasteiger charge is -2.06. The molecule has 0 saturated heterocycles. The van der Waals surface area contributed by atoms with Gasteiger partial charge in [0, 0.05) is 36.3 Å². The molecule has 0 aliphatic carbocycles. The summed E-state index contributed by atoms with van der Waals surface area (Å²) in [5, 5.41) is 20.7. The Morgan fingerprint density at radius 3 is 2.90 bits per heavy atom. The van der Waals surface area contributed by atoms with Crippen LogP contribution in [0.4, 0.5) is 0 Å². The van der Waals surface area contributed by atoms with E-state index in [1.54, 1.807) is 24.8 Å². The molecular formula is C21H16N8O2. The molecule has 0 aliphatic heterocycles. The number of pyridine rings is 1. The second-order valence-corrected chi connectivity index (χ2v) is 7.22. The number of fused-ring (bicyclic) bond motifs is 4. The molecule has 0 saturated carbocycles. The van der Waals surface area contributed by atoms with Crippen molar-refractivity contribution in [3.8, 4) is 11.6 Å². The van der Waals surface area contributed by atoms with E-state index in [4.69, 9.17) is 4.74 Å². The van der Waals surface area contributed by atoms with Gasteiger partial charge in [0.1, 0.15) is 11.3 Å². The van der Waals surface area contributed by atoms with E-state index in [-0.39, 0.29) is 5.56 Å². The number of rotatable bonds is 4. The van der Waals surface area contributed by atoms with Gasteiger partial charge in [0.05, 0.1) is 41.1 Å². The molecule has 0 bridgehead atoms. The molecule has 6 rings (SSSR count). The second-order valence-electron chi connectivity index (χ2n) is 7.22. The molecule has 31 heavy (non-hydrogen) atoms. The zero-order valence-electron chi connectivity index (χ0n) is 16.4. The maximum Gasteiger partial charge on any atom is 0.291 e. The number of hydrogen-bond donors (Lipinski definition) is 2. The van der Waals surface area contributed by atoms with Gasteiger partial charge >= 0.3 is 0 Å². The van der Waals surface area contributed by atoms with Crippen LogP contribution in [0.1, 0.15) is 5.69 Å². The highest BCUT2D eigenvalue weighted by Gasteiger charge is 2.16. The molecule has 0 aliphatic rings. The highest BCUT2D eigenvalue weighted by Crippen LogP contribution is 2.32. The van der Waals surface area contributed by atoms with Crippen LogP contribution in [-0.4, -0.2) is 39.7 Å². The van der Waals surface area contributed by atoms with Gasteiger partial charge in [0.25, 0.3) is 5.56 Å². The summed E-state index contributed by atoms with van der Waals surface area (Å²) in [7, 11) is 1.86. The van der Waals surface area contributed by atoms with Gasteiger partial charge in [-0.1, -0.05) is 0 Å². The molecule has 10 heteroatoms. The number of aromatic nitrogens is 8. The molecule has 5 heterocycles. The van der Waals surface area contributed by atoms with Crippen LogP contribution < -0.4 is 10.3 Å². The van der Waals surface area contributed by atoms with Gasteiger partial charge in [-0.25, -0.2) is 9.67 Å². The van der Waals surface area contributed by atoms with Crippen molar-refractivity contribution in [2.75, 3.05) is 0 Å². The monoisotopic (exact) mass is 412 g/mol. The summed E-state index contributed by atoms with van der Waals surface area (Å²) in [5.41, 5.74) is 2.85. The van der Waals surface area contributed by atoms with Crippen molar-refractivity contribution in [2.24, 2.45) is 7.05 Å². The molecule has 6 aromatic rings. The van der Waals surface area contributed by atoms with Crippen LogP contribution in [-0.2, 0) is 13.6 Å². The summed E-state index contributed by atoms with van der Waals surface area (Å²) in [4.78, 5) is 17.4. The van der Waals surface area contributed by atoms with E-state index >= 15 is 0 Å². The van der Waals surface area contributed by atoms with Crippen LogP contribution in [0.5, 0.6) is 11.6 Å². The average Bonchev–Trinajstić information content (AvgIpc) is 3.51. The summed E-state index contributed by atoms with van der Waals surface area (Å²) in [6.45, 7) is 0.300. The van der Waals surface area contributed by atoms with Crippen LogP contribution >= 0.6 is 0 Å². The second kappa shape index (κ2) is 6.52. The third-order valence-electron chi connectivity index (χ3n) is 5.39. The lowest BCUT2D eigenvalue weighted by atomic mass is 10.2. The molecule has 0 atom stereocenters. The molecule has 0 fully saturated rings. The smallest absolute Gasteiger partial charge is 0.291 e. The van der Waals surface area contributed by atoms with Crippen molar-refractivity contribution in [1.82, 2.24) is 39.7 Å². The highest BCUT2D eigenvalue weighted by atomic mass is 16.5. The van der Waals surface area contributed by atoms with Crippen molar-refractivity contribution in [2.45, 2.75) is 6.54 Å². The van der Waals surface area contributed by atoms with Gasteiger partial charge in [-0.2, -0.15) is 15.3 Å². The lowest BCUT2D eigenvalue weighted by molar-refractivity contribution is 0.470. The quantitative estimate of drug-likeness (QED) is 0.459. The Hall–Kier alpha value is -4.47. The first-order valence-electron chi connectivity index (χ1n) is 9.62. The SMILES string of the molecule is Cn1c2cc(Oc3nccc4[nH]ncc34)ccc2c2cnn(Cc3cc[nH]n3)c(=O)c21. The Bertz CT molecular complexity index is 1620. The Kier molecular flexibility index (Phi) is 3.66. The number of benzene rings is 1. The number of nitrogens with zero attached hydrogens (tertiary/aromatic N) is 6. The predicted molar refractivity (Wildman–Crippen MR) is 114 cm³/mol. The molecule has 0 amide bonds. The van der Waals surface area contributed by atoms with E-state index in [1.165, 1.54) is 4.68 Å². The molecule has 0 unspecified atom stereocenters. The summed E-state index contributed by atoms with van der Waals surface area (Å²) in [6.07, 6.45) is 6.79. The third-order valence-corrected chi connectivity index (χ3v) is 5.39. The van der Waals surface area contributed by atoms with Gasteiger partial charge in [0.15, 0.2) is 0 Å². The summed E-state index contributed by atoms with van der Waals surface area (Å²) in [5.74, 6) is 1.08. The van der Waals surface area contributed by atoms with Crippen molar-refractivity contribution in [3.05, 3.63) is 71.2 Å². The van der Waals surface area contributed by atoms with Crippen LogP contribution in [0.3, 0.4) is 0 Å². The maximum absolute atomic E-state index is 13.1. The van der Waals surface area contributed by atoms with E-state index < -0.39 is 0 Å². The standard InChI is InChI=1S/C21H16N8O2/c1-28-18-8-13(31-20-16-9-24-27-17(16)5-6-22-20)2-3-14(18)15-10-25-29(21(30)19(15)28)11-12-4-7-23-26-12/h2-10H,11H2,1H3,(H,23,26)(H,24,27). The van der Waals surface area contributed by atoms with Crippen molar-refractivity contribution >= 4 is 32.7 Å². The number of ether oxygens (including phenoxy) is 1. The van der Waals surface area contributed by atoms with Gasteiger partial charge in [-0.3, -0.25) is 15.0 Å². The Morgan fingerprint density at radius 2 is 2.03 bits per heavy atom. The predicted octanol–water partition coefficient (Wildman–Crippen LogP) is 2.72. The Morgan fingerprint density at radius 1 is 1.10 bits per heavy atom. The average molecular weight is 412 g/mol. The Labute approximate surface area is 174 Å². The van der Waals surface area contributed by atoms with E-state index in [0.29, 0.717) is 23.7 Å². The molecule has 10 nitrogen and oxygen atoms in total. The number of nitrogens with one attached hydrogen (secondary N) is 2. The normalized spacial score (nSPS) is 11.6. The third kappa shape index (κ3) is 2.69. The first kappa shape index (κ1) is 17.4. The molecular weight excluding hydrogens is 396 g/mol. The molecule has 2 N–H and O–H groups in total. The van der Waals surface area contributed by atoms with Gasteiger partial charge < -0.3 is 9.30 Å². The fourth-order valence-electron chi connectivity index (χ4n) is 3.88. The minimum Gasteiger partial charge on any atom is -0.438 e. The van der Waals surface area contributed by atoms with Gasteiger partial charge in [-0.15, -0.1) is 0 Å². The summed E-state index contributed by atoms with van der Waals surface area (Å²) < 4.78 is 9.32. The van der Waals surface area contributed by atoms with Crippen LogP contribution in [0.25, 0.3) is 32.7 Å². The first-order valence-corrected chi connectivity index (χ1v) is 9.62. The fraction of sp³-hybridized carbons (Fsp3) is 0.0952. The van der Waals surface area contributed by atoms with E-state index in [2.05, 4.69) is 30.5 Å². The topological polar surface area (TPSA) is 119 Å². The minimum absolute atomic E-state index is 0.175. The maximum atomic E-state index is 13.1. The van der Waals surface area contributed by atoms with E-state index in [0.717, 1.165) is 32.9 Å². The lowest BCUT2D eigenvalue weighted by Crippen LogP contribution is -2.24. The van der Waals surface area contributed by atoms with Gasteiger partial charge in [-0.05, 0) is 24.3 Å². The molecule has 0 radical (unpaired) electrons. The van der Waals surface area contributed by atoms with Crippen LogP contribution in [0.15, 0.2) is 59.9 Å². The zero-order valence-corrected chi connectivity index (χ0v) is 16.4. The summed E-state index contributed by atoms with van der Waals surface area (Å²) >= 11 is 0. The number of aromatic amines is 2. The number of H-pyrrole nitrogens is 2. The molecule has 0 spiro atoms. The zero-order chi connectivity index (χ0) is 20.9.